The third-order valence-electron chi connectivity index (χ3n) is 3.82. The highest BCUT2D eigenvalue weighted by Crippen LogP contribution is 2.50. The molecule has 1 aromatic heterocycles. The fourth-order valence-corrected chi connectivity index (χ4v) is 3.81. The van der Waals surface area contributed by atoms with Gasteiger partial charge >= 0.3 is 0 Å². The number of rotatable bonds is 4. The first-order chi connectivity index (χ1) is 7.23. The second-order valence-corrected chi connectivity index (χ2v) is 5.56. The molecule has 0 aromatic carbocycles. The predicted molar refractivity (Wildman–Crippen MR) is 66.2 cm³/mol. The van der Waals surface area contributed by atoms with Gasteiger partial charge < -0.3 is 11.1 Å². The Kier molecular flexibility index (Phi) is 3.14. The summed E-state index contributed by atoms with van der Waals surface area (Å²) in [5.41, 5.74) is 7.69. The van der Waals surface area contributed by atoms with Crippen LogP contribution in [0.15, 0.2) is 11.4 Å². The van der Waals surface area contributed by atoms with Gasteiger partial charge in [0.15, 0.2) is 0 Å². The van der Waals surface area contributed by atoms with Crippen molar-refractivity contribution >= 4 is 11.3 Å². The van der Waals surface area contributed by atoms with Crippen molar-refractivity contribution in [2.75, 3.05) is 13.6 Å². The summed E-state index contributed by atoms with van der Waals surface area (Å²) in [4.78, 5) is 1.47. The van der Waals surface area contributed by atoms with Crippen molar-refractivity contribution in [3.05, 3.63) is 21.9 Å². The second kappa shape index (κ2) is 4.24. The molecule has 0 spiro atoms. The fourth-order valence-electron chi connectivity index (χ4n) is 2.64. The van der Waals surface area contributed by atoms with Gasteiger partial charge in [-0.25, -0.2) is 0 Å². The van der Waals surface area contributed by atoms with Crippen LogP contribution in [0.4, 0.5) is 0 Å². The smallest absolute Gasteiger partial charge is 0.0484 e. The van der Waals surface area contributed by atoms with Crippen LogP contribution in [0.1, 0.15) is 35.7 Å². The molecule has 2 rings (SSSR count). The third kappa shape index (κ3) is 1.73. The van der Waals surface area contributed by atoms with E-state index in [0.717, 1.165) is 6.54 Å². The van der Waals surface area contributed by atoms with Crippen LogP contribution in [0.3, 0.4) is 0 Å². The molecule has 0 aliphatic heterocycles. The molecule has 1 aliphatic rings. The van der Waals surface area contributed by atoms with E-state index in [1.807, 2.05) is 11.3 Å². The van der Waals surface area contributed by atoms with Gasteiger partial charge in [-0.15, -0.1) is 11.3 Å². The lowest BCUT2D eigenvalue weighted by molar-refractivity contribution is 0.0894. The van der Waals surface area contributed by atoms with Crippen LogP contribution in [0, 0.1) is 12.3 Å². The molecule has 0 bridgehead atoms. The molecule has 3 heteroatoms. The minimum atomic E-state index is 0.324. The Morgan fingerprint density at radius 1 is 1.60 bits per heavy atom. The average Bonchev–Trinajstić information content (AvgIpc) is 2.58. The van der Waals surface area contributed by atoms with Gasteiger partial charge in [0.05, 0.1) is 0 Å². The molecule has 1 heterocycles. The number of aryl methyl sites for hydroxylation is 1. The van der Waals surface area contributed by atoms with Crippen molar-refractivity contribution < 1.29 is 0 Å². The number of thiophene rings is 1. The molecule has 0 saturated heterocycles. The zero-order chi connectivity index (χ0) is 10.9. The van der Waals surface area contributed by atoms with E-state index in [9.17, 15) is 0 Å². The van der Waals surface area contributed by atoms with Crippen LogP contribution in [0.2, 0.25) is 0 Å². The SMILES string of the molecule is CNC(c1sccc1C)C1(CN)CCC1. The lowest BCUT2D eigenvalue weighted by Crippen LogP contribution is -2.47. The molecule has 1 aromatic rings. The van der Waals surface area contributed by atoms with E-state index >= 15 is 0 Å². The highest BCUT2D eigenvalue weighted by Gasteiger charge is 2.43. The maximum atomic E-state index is 5.97. The molecule has 15 heavy (non-hydrogen) atoms. The first-order valence-electron chi connectivity index (χ1n) is 5.65. The minimum Gasteiger partial charge on any atom is -0.330 e. The molecule has 0 radical (unpaired) electrons. The summed E-state index contributed by atoms with van der Waals surface area (Å²) in [7, 11) is 2.06. The molecule has 1 saturated carbocycles. The first-order valence-corrected chi connectivity index (χ1v) is 6.53. The van der Waals surface area contributed by atoms with Gasteiger partial charge in [-0.1, -0.05) is 6.42 Å². The van der Waals surface area contributed by atoms with Gasteiger partial charge in [-0.2, -0.15) is 0 Å². The van der Waals surface area contributed by atoms with Crippen molar-refractivity contribution in [3.8, 4) is 0 Å². The van der Waals surface area contributed by atoms with Gasteiger partial charge in [-0.3, -0.25) is 0 Å². The molecular formula is C12H20N2S. The Hall–Kier alpha value is -0.380. The molecule has 84 valence electrons. The van der Waals surface area contributed by atoms with Crippen LogP contribution >= 0.6 is 11.3 Å². The van der Waals surface area contributed by atoms with E-state index < -0.39 is 0 Å². The van der Waals surface area contributed by atoms with Gasteiger partial charge in [-0.05, 0) is 50.4 Å². The summed E-state index contributed by atoms with van der Waals surface area (Å²) in [6, 6.07) is 2.66. The normalized spacial score (nSPS) is 21.0. The molecule has 0 amide bonds. The standard InChI is InChI=1S/C12H20N2S/c1-9-4-7-15-10(9)11(14-2)12(8-13)5-3-6-12/h4,7,11,14H,3,5-6,8,13H2,1-2H3. The van der Waals surface area contributed by atoms with Gasteiger partial charge in [0.2, 0.25) is 0 Å². The van der Waals surface area contributed by atoms with E-state index in [-0.39, 0.29) is 0 Å². The van der Waals surface area contributed by atoms with Crippen molar-refractivity contribution in [2.45, 2.75) is 32.2 Å². The highest BCUT2D eigenvalue weighted by atomic mass is 32.1. The van der Waals surface area contributed by atoms with Crippen molar-refractivity contribution in [3.63, 3.8) is 0 Å². The van der Waals surface area contributed by atoms with Crippen molar-refractivity contribution in [1.29, 1.82) is 0 Å². The Bertz CT molecular complexity index is 323. The Morgan fingerprint density at radius 2 is 2.33 bits per heavy atom. The van der Waals surface area contributed by atoms with E-state index in [2.05, 4.69) is 30.7 Å². The largest absolute Gasteiger partial charge is 0.330 e. The summed E-state index contributed by atoms with van der Waals surface area (Å²) in [6.07, 6.45) is 3.87. The van der Waals surface area contributed by atoms with Crippen LogP contribution in [0.25, 0.3) is 0 Å². The Balaban J connectivity index is 2.27. The molecule has 1 unspecified atom stereocenters. The van der Waals surface area contributed by atoms with Crippen LogP contribution in [-0.4, -0.2) is 13.6 Å². The van der Waals surface area contributed by atoms with Gasteiger partial charge in [0.25, 0.3) is 0 Å². The predicted octanol–water partition coefficient (Wildman–Crippen LogP) is 2.45. The summed E-state index contributed by atoms with van der Waals surface area (Å²) in [5.74, 6) is 0. The van der Waals surface area contributed by atoms with Gasteiger partial charge in [0.1, 0.15) is 0 Å². The Morgan fingerprint density at radius 3 is 2.67 bits per heavy atom. The number of hydrogen-bond acceptors (Lipinski definition) is 3. The van der Waals surface area contributed by atoms with Crippen LogP contribution < -0.4 is 11.1 Å². The van der Waals surface area contributed by atoms with Crippen molar-refractivity contribution in [1.82, 2.24) is 5.32 Å². The molecule has 2 nitrogen and oxygen atoms in total. The minimum absolute atomic E-state index is 0.324. The summed E-state index contributed by atoms with van der Waals surface area (Å²) < 4.78 is 0. The number of nitrogens with two attached hydrogens (primary N) is 1. The number of nitrogens with one attached hydrogen (secondary N) is 1. The maximum Gasteiger partial charge on any atom is 0.0484 e. The van der Waals surface area contributed by atoms with E-state index in [0.29, 0.717) is 11.5 Å². The lowest BCUT2D eigenvalue weighted by atomic mass is 9.63. The highest BCUT2D eigenvalue weighted by molar-refractivity contribution is 7.10. The summed E-state index contributed by atoms with van der Waals surface area (Å²) in [5, 5.41) is 5.65. The average molecular weight is 224 g/mol. The maximum absolute atomic E-state index is 5.97. The molecule has 1 aliphatic carbocycles. The van der Waals surface area contributed by atoms with Crippen molar-refractivity contribution in [2.24, 2.45) is 11.1 Å². The van der Waals surface area contributed by atoms with E-state index in [1.54, 1.807) is 0 Å². The van der Waals surface area contributed by atoms with Crippen LogP contribution in [0.5, 0.6) is 0 Å². The quantitative estimate of drug-likeness (QED) is 0.824. The topological polar surface area (TPSA) is 38.0 Å². The number of hydrogen-bond donors (Lipinski definition) is 2. The van der Waals surface area contributed by atoms with E-state index in [1.165, 1.54) is 29.7 Å². The van der Waals surface area contributed by atoms with E-state index in [4.69, 9.17) is 5.73 Å². The summed E-state index contributed by atoms with van der Waals surface area (Å²) >= 11 is 1.86. The molecule has 1 fully saturated rings. The summed E-state index contributed by atoms with van der Waals surface area (Å²) in [6.45, 7) is 2.99. The monoisotopic (exact) mass is 224 g/mol. The molecule has 3 N–H and O–H groups in total. The zero-order valence-corrected chi connectivity index (χ0v) is 10.4. The van der Waals surface area contributed by atoms with Crippen LogP contribution in [-0.2, 0) is 0 Å². The second-order valence-electron chi connectivity index (χ2n) is 4.61. The molecule has 1 atom stereocenters. The Labute approximate surface area is 95.9 Å². The zero-order valence-electron chi connectivity index (χ0n) is 9.55. The molecular weight excluding hydrogens is 204 g/mol. The third-order valence-corrected chi connectivity index (χ3v) is 4.90. The fraction of sp³-hybridized carbons (Fsp3) is 0.667. The first kappa shape index (κ1) is 11.1. The lowest BCUT2D eigenvalue weighted by Gasteiger charge is -2.47. The van der Waals surface area contributed by atoms with Gasteiger partial charge in [0, 0.05) is 16.3 Å².